The summed E-state index contributed by atoms with van der Waals surface area (Å²) in [6.45, 7) is 0. The van der Waals surface area contributed by atoms with Crippen molar-refractivity contribution < 1.29 is 23.6 Å². The van der Waals surface area contributed by atoms with Crippen molar-refractivity contribution in [1.82, 2.24) is 9.99 Å². The largest absolute Gasteiger partial charge is 0.497 e. The van der Waals surface area contributed by atoms with Gasteiger partial charge in [-0.2, -0.15) is 4.67 Å². The lowest BCUT2D eigenvalue weighted by Gasteiger charge is -2.28. The Hall–Kier alpha value is -3.41. The van der Waals surface area contributed by atoms with Gasteiger partial charge in [0, 0.05) is 0 Å². The van der Waals surface area contributed by atoms with Gasteiger partial charge in [0.2, 0.25) is 0 Å². The van der Waals surface area contributed by atoms with Crippen molar-refractivity contribution >= 4 is 19.7 Å². The van der Waals surface area contributed by atoms with Crippen LogP contribution in [0.3, 0.4) is 0 Å². The van der Waals surface area contributed by atoms with E-state index < -0.39 is 25.2 Å². The molecule has 1 heterocycles. The van der Waals surface area contributed by atoms with Gasteiger partial charge in [-0.15, -0.1) is 0 Å². The van der Waals surface area contributed by atoms with Crippen LogP contribution in [0, 0.1) is 0 Å². The number of nitrogens with zero attached hydrogens (tertiary/aromatic N) is 1. The second-order valence-corrected chi connectivity index (χ2v) is 7.99. The van der Waals surface area contributed by atoms with E-state index in [0.29, 0.717) is 11.1 Å². The van der Waals surface area contributed by atoms with Crippen LogP contribution in [0.2, 0.25) is 0 Å². The summed E-state index contributed by atoms with van der Waals surface area (Å²) >= 11 is 0. The molecule has 146 valence electrons. The average Bonchev–Trinajstić information content (AvgIpc) is 3.01. The number of rotatable bonds is 5. The molecule has 7 nitrogen and oxygen atoms in total. The summed E-state index contributed by atoms with van der Waals surface area (Å²) in [5.74, 6) is -0.822. The maximum atomic E-state index is 13.5. The summed E-state index contributed by atoms with van der Waals surface area (Å²) in [6, 6.07) is 24.0. The zero-order valence-corrected chi connectivity index (χ0v) is 16.0. The van der Waals surface area contributed by atoms with Crippen LogP contribution in [0.25, 0.3) is 0 Å². The zero-order valence-electron chi connectivity index (χ0n) is 15.1. The molecule has 4 rings (SSSR count). The predicted octanol–water partition coefficient (Wildman–Crippen LogP) is 3.66. The van der Waals surface area contributed by atoms with Gasteiger partial charge in [0.05, 0.1) is 0 Å². The van der Waals surface area contributed by atoms with Gasteiger partial charge in [-0.3, -0.25) is 9.69 Å². The molecule has 8 heteroatoms. The number of para-hydroxylation sites is 1. The summed E-state index contributed by atoms with van der Waals surface area (Å²) < 4.78 is 18.4. The highest BCUT2D eigenvalue weighted by Gasteiger charge is 2.60. The van der Waals surface area contributed by atoms with Gasteiger partial charge < -0.3 is 9.84 Å². The van der Waals surface area contributed by atoms with E-state index in [1.807, 2.05) is 0 Å². The molecule has 3 aromatic rings. The first-order valence-corrected chi connectivity index (χ1v) is 10.3. The lowest BCUT2D eigenvalue weighted by atomic mass is 9.83. The number of nitrogens with one attached hydrogen (secondary N) is 1. The number of carbonyl (C=O) groups excluding carboxylic acids is 2. The monoisotopic (exact) mass is 408 g/mol. The number of hydrogen-bond acceptors (Lipinski definition) is 4. The molecule has 2 N–H and O–H groups in total. The van der Waals surface area contributed by atoms with E-state index in [0.717, 1.165) is 0 Å². The van der Waals surface area contributed by atoms with Crippen molar-refractivity contribution in [3.8, 4) is 5.75 Å². The molecule has 1 fully saturated rings. The Balaban J connectivity index is 1.81. The molecule has 3 amide bonds. The Morgan fingerprint density at radius 3 is 1.72 bits per heavy atom. The quantitative estimate of drug-likeness (QED) is 0.496. The van der Waals surface area contributed by atoms with Crippen LogP contribution in [-0.4, -0.2) is 21.5 Å². The Bertz CT molecular complexity index is 1050. The van der Waals surface area contributed by atoms with Crippen molar-refractivity contribution in [2.24, 2.45) is 0 Å². The third-order valence-electron chi connectivity index (χ3n) is 4.63. The van der Waals surface area contributed by atoms with Gasteiger partial charge in [-0.1, -0.05) is 78.9 Å². The molecule has 1 aliphatic rings. The van der Waals surface area contributed by atoms with Gasteiger partial charge in [-0.05, 0) is 23.3 Å². The predicted molar refractivity (Wildman–Crippen MR) is 106 cm³/mol. The molecule has 0 spiro atoms. The lowest BCUT2D eigenvalue weighted by molar-refractivity contribution is -0.127. The Kier molecular flexibility index (Phi) is 4.70. The maximum absolute atomic E-state index is 13.5. The molecule has 0 radical (unpaired) electrons. The van der Waals surface area contributed by atoms with Crippen molar-refractivity contribution in [2.45, 2.75) is 5.54 Å². The third-order valence-corrected chi connectivity index (χ3v) is 5.95. The van der Waals surface area contributed by atoms with Gasteiger partial charge in [0.1, 0.15) is 5.75 Å². The van der Waals surface area contributed by atoms with E-state index >= 15 is 0 Å². The molecule has 3 aromatic carbocycles. The molecule has 0 aromatic heterocycles. The Labute approximate surface area is 167 Å². The van der Waals surface area contributed by atoms with E-state index in [4.69, 9.17) is 4.52 Å². The van der Waals surface area contributed by atoms with Crippen LogP contribution in [0.4, 0.5) is 4.79 Å². The molecule has 0 bridgehead atoms. The average molecular weight is 408 g/mol. The summed E-state index contributed by atoms with van der Waals surface area (Å²) in [4.78, 5) is 36.8. The minimum absolute atomic E-state index is 0.0656. The second kappa shape index (κ2) is 7.20. The summed E-state index contributed by atoms with van der Waals surface area (Å²) in [5.41, 5.74) is -0.712. The van der Waals surface area contributed by atoms with E-state index in [2.05, 4.69) is 5.32 Å². The van der Waals surface area contributed by atoms with E-state index in [1.54, 1.807) is 78.9 Å². The maximum Gasteiger partial charge on any atom is 0.497 e. The fraction of sp³-hybridized carbons (Fsp3) is 0.0476. The standard InChI is InChI=1S/C21H17N2O5P/c24-19-21(16-10-4-1-5-11-16,17-12-6-2-7-13-17)22-20(25)23(19)29(26,27)28-18-14-8-3-9-15-18/h1-15H,(H,22,25)(H,26,27). The molecule has 1 atom stereocenters. The molecular weight excluding hydrogens is 391 g/mol. The number of imide groups is 1. The molecular formula is C21H17N2O5P. The van der Waals surface area contributed by atoms with E-state index in [9.17, 15) is 19.0 Å². The summed E-state index contributed by atoms with van der Waals surface area (Å²) in [7, 11) is -4.82. The van der Waals surface area contributed by atoms with Crippen LogP contribution < -0.4 is 9.84 Å². The van der Waals surface area contributed by atoms with Gasteiger partial charge in [0.15, 0.2) is 5.54 Å². The Morgan fingerprint density at radius 1 is 0.793 bits per heavy atom. The second-order valence-electron chi connectivity index (χ2n) is 6.42. The number of amides is 3. The topological polar surface area (TPSA) is 95.9 Å². The fourth-order valence-corrected chi connectivity index (χ4v) is 4.48. The van der Waals surface area contributed by atoms with Crippen molar-refractivity contribution in [1.29, 1.82) is 0 Å². The third kappa shape index (κ3) is 3.20. The van der Waals surface area contributed by atoms with E-state index in [1.165, 1.54) is 12.1 Å². The van der Waals surface area contributed by atoms with E-state index in [-0.39, 0.29) is 10.4 Å². The van der Waals surface area contributed by atoms with Gasteiger partial charge in [-0.25, -0.2) is 9.36 Å². The molecule has 1 aliphatic heterocycles. The molecule has 1 unspecified atom stereocenters. The number of urea groups is 1. The lowest BCUT2D eigenvalue weighted by Crippen LogP contribution is -2.45. The highest BCUT2D eigenvalue weighted by molar-refractivity contribution is 7.52. The van der Waals surface area contributed by atoms with Crippen molar-refractivity contribution in [3.05, 3.63) is 102 Å². The first-order valence-electron chi connectivity index (χ1n) is 8.81. The van der Waals surface area contributed by atoms with Crippen molar-refractivity contribution in [3.63, 3.8) is 0 Å². The fourth-order valence-electron chi connectivity index (χ4n) is 3.34. The molecule has 29 heavy (non-hydrogen) atoms. The highest BCUT2D eigenvalue weighted by atomic mass is 31.2. The summed E-state index contributed by atoms with van der Waals surface area (Å²) in [6.07, 6.45) is 0. The minimum Gasteiger partial charge on any atom is -0.409 e. The minimum atomic E-state index is -4.82. The zero-order chi connectivity index (χ0) is 20.5. The van der Waals surface area contributed by atoms with Crippen LogP contribution in [-0.2, 0) is 14.9 Å². The molecule has 0 saturated carbocycles. The number of benzene rings is 3. The Morgan fingerprint density at radius 2 is 1.24 bits per heavy atom. The molecule has 1 saturated heterocycles. The SMILES string of the molecule is O=C1NC(c2ccccc2)(c2ccccc2)C(=O)N1P(=O)(O)Oc1ccccc1. The van der Waals surface area contributed by atoms with Crippen molar-refractivity contribution in [2.75, 3.05) is 0 Å². The highest BCUT2D eigenvalue weighted by Crippen LogP contribution is 2.52. The van der Waals surface area contributed by atoms with Crippen LogP contribution in [0.15, 0.2) is 91.0 Å². The van der Waals surface area contributed by atoms with Gasteiger partial charge >= 0.3 is 13.8 Å². The van der Waals surface area contributed by atoms with Crippen LogP contribution >= 0.6 is 7.75 Å². The first-order chi connectivity index (χ1) is 13.9. The normalized spacial score (nSPS) is 17.5. The van der Waals surface area contributed by atoms with Gasteiger partial charge in [0.25, 0.3) is 5.91 Å². The first kappa shape index (κ1) is 18.9. The smallest absolute Gasteiger partial charge is 0.409 e. The molecule has 0 aliphatic carbocycles. The number of carbonyl (C=O) groups is 2. The summed E-state index contributed by atoms with van der Waals surface area (Å²) in [5, 5.41) is 2.62. The van der Waals surface area contributed by atoms with Crippen LogP contribution in [0.1, 0.15) is 11.1 Å². The number of hydrogen-bond donors (Lipinski definition) is 2. The van der Waals surface area contributed by atoms with Crippen LogP contribution in [0.5, 0.6) is 5.75 Å².